The zero-order chi connectivity index (χ0) is 13.1. The Morgan fingerprint density at radius 1 is 1.39 bits per heavy atom. The van der Waals surface area contributed by atoms with Gasteiger partial charge in [-0.1, -0.05) is 11.6 Å². The number of anilines is 1. The van der Waals surface area contributed by atoms with E-state index < -0.39 is 0 Å². The minimum absolute atomic E-state index is 0.336. The van der Waals surface area contributed by atoms with Gasteiger partial charge in [-0.15, -0.1) is 0 Å². The van der Waals surface area contributed by atoms with Crippen molar-refractivity contribution < 1.29 is 4.39 Å². The van der Waals surface area contributed by atoms with Gasteiger partial charge in [0, 0.05) is 35.1 Å². The molecule has 2 aromatic rings. The highest BCUT2D eigenvalue weighted by atomic mass is 35.5. The summed E-state index contributed by atoms with van der Waals surface area (Å²) in [5.74, 6) is -0.345. The second-order valence-corrected chi connectivity index (χ2v) is 4.87. The number of nitrogens with zero attached hydrogens (tertiary/aromatic N) is 2. The SMILES string of the molecule is CC(C)n1cc(CNc2cc(F)cc(Cl)c2)cn1. The average molecular weight is 268 g/mol. The number of aromatic nitrogens is 2. The lowest BCUT2D eigenvalue weighted by Crippen LogP contribution is -2.01. The molecule has 0 bridgehead atoms. The Balaban J connectivity index is 2.02. The van der Waals surface area contributed by atoms with Gasteiger partial charge in [0.1, 0.15) is 5.82 Å². The topological polar surface area (TPSA) is 29.9 Å². The first-order valence-electron chi connectivity index (χ1n) is 5.77. The first-order chi connectivity index (χ1) is 8.54. The van der Waals surface area contributed by atoms with Crippen LogP contribution >= 0.6 is 11.6 Å². The maximum absolute atomic E-state index is 13.1. The molecule has 2 rings (SSSR count). The van der Waals surface area contributed by atoms with Crippen LogP contribution in [0.15, 0.2) is 30.6 Å². The van der Waals surface area contributed by atoms with Crippen LogP contribution in [-0.4, -0.2) is 9.78 Å². The van der Waals surface area contributed by atoms with Crippen molar-refractivity contribution in [2.75, 3.05) is 5.32 Å². The molecule has 1 aromatic heterocycles. The minimum Gasteiger partial charge on any atom is -0.381 e. The number of hydrogen-bond donors (Lipinski definition) is 1. The van der Waals surface area contributed by atoms with Crippen molar-refractivity contribution >= 4 is 17.3 Å². The second kappa shape index (κ2) is 5.40. The van der Waals surface area contributed by atoms with E-state index >= 15 is 0 Å². The zero-order valence-electron chi connectivity index (χ0n) is 10.3. The molecule has 96 valence electrons. The van der Waals surface area contributed by atoms with E-state index in [4.69, 9.17) is 11.6 Å². The molecule has 0 saturated carbocycles. The van der Waals surface area contributed by atoms with Crippen molar-refractivity contribution in [1.29, 1.82) is 0 Å². The van der Waals surface area contributed by atoms with Crippen molar-refractivity contribution in [3.8, 4) is 0 Å². The Hall–Kier alpha value is -1.55. The van der Waals surface area contributed by atoms with Gasteiger partial charge in [0.15, 0.2) is 0 Å². The maximum Gasteiger partial charge on any atom is 0.126 e. The third-order valence-corrected chi connectivity index (χ3v) is 2.76. The Kier molecular flexibility index (Phi) is 3.87. The molecule has 3 nitrogen and oxygen atoms in total. The van der Waals surface area contributed by atoms with E-state index in [-0.39, 0.29) is 5.82 Å². The Morgan fingerprint density at radius 2 is 2.17 bits per heavy atom. The normalized spacial score (nSPS) is 10.9. The Morgan fingerprint density at radius 3 is 2.78 bits per heavy atom. The summed E-state index contributed by atoms with van der Waals surface area (Å²) in [7, 11) is 0. The van der Waals surface area contributed by atoms with Gasteiger partial charge in [0.05, 0.1) is 6.20 Å². The van der Waals surface area contributed by atoms with Crippen molar-refractivity contribution in [2.24, 2.45) is 0 Å². The quantitative estimate of drug-likeness (QED) is 0.911. The first-order valence-corrected chi connectivity index (χ1v) is 6.15. The molecule has 0 atom stereocenters. The largest absolute Gasteiger partial charge is 0.381 e. The molecule has 1 aromatic carbocycles. The van der Waals surface area contributed by atoms with Crippen LogP contribution < -0.4 is 5.32 Å². The zero-order valence-corrected chi connectivity index (χ0v) is 11.1. The molecule has 0 amide bonds. The summed E-state index contributed by atoms with van der Waals surface area (Å²) >= 11 is 5.78. The van der Waals surface area contributed by atoms with Crippen LogP contribution in [0.5, 0.6) is 0 Å². The van der Waals surface area contributed by atoms with Crippen molar-refractivity contribution in [2.45, 2.75) is 26.4 Å². The summed E-state index contributed by atoms with van der Waals surface area (Å²) in [6.45, 7) is 4.72. The standard InChI is InChI=1S/C13H15ClFN3/c1-9(2)18-8-10(7-17-18)6-16-13-4-11(14)3-12(15)5-13/h3-5,7-9,16H,6H2,1-2H3. The monoisotopic (exact) mass is 267 g/mol. The average Bonchev–Trinajstić information content (AvgIpc) is 2.73. The summed E-state index contributed by atoms with van der Waals surface area (Å²) in [5, 5.41) is 7.74. The lowest BCUT2D eigenvalue weighted by Gasteiger charge is -2.06. The third kappa shape index (κ3) is 3.23. The molecule has 0 fully saturated rings. The van der Waals surface area contributed by atoms with Gasteiger partial charge in [-0.2, -0.15) is 5.10 Å². The van der Waals surface area contributed by atoms with Gasteiger partial charge in [-0.05, 0) is 32.0 Å². The van der Waals surface area contributed by atoms with Crippen LogP contribution in [0.3, 0.4) is 0 Å². The van der Waals surface area contributed by atoms with Crippen LogP contribution in [0.1, 0.15) is 25.5 Å². The third-order valence-electron chi connectivity index (χ3n) is 2.54. The first kappa shape index (κ1) is 12.9. The predicted octanol–water partition coefficient (Wildman–Crippen LogP) is 3.87. The van der Waals surface area contributed by atoms with Crippen LogP contribution in [0, 0.1) is 5.82 Å². The molecular weight excluding hydrogens is 253 g/mol. The van der Waals surface area contributed by atoms with E-state index in [1.807, 2.05) is 10.9 Å². The summed E-state index contributed by atoms with van der Waals surface area (Å²) in [6.07, 6.45) is 3.77. The molecule has 0 aliphatic rings. The molecule has 5 heteroatoms. The van der Waals surface area contributed by atoms with Gasteiger partial charge in [-0.3, -0.25) is 4.68 Å². The van der Waals surface area contributed by atoms with E-state index in [1.165, 1.54) is 12.1 Å². The van der Waals surface area contributed by atoms with Crippen LogP contribution in [-0.2, 0) is 6.54 Å². The number of hydrogen-bond acceptors (Lipinski definition) is 2. The highest BCUT2D eigenvalue weighted by molar-refractivity contribution is 6.30. The van der Waals surface area contributed by atoms with Gasteiger partial charge >= 0.3 is 0 Å². The van der Waals surface area contributed by atoms with Gasteiger partial charge in [0.25, 0.3) is 0 Å². The Bertz CT molecular complexity index is 517. The van der Waals surface area contributed by atoms with Crippen molar-refractivity contribution in [3.05, 3.63) is 47.0 Å². The summed E-state index contributed by atoms with van der Waals surface area (Å²) < 4.78 is 15.0. The van der Waals surface area contributed by atoms with Crippen molar-refractivity contribution in [1.82, 2.24) is 9.78 Å². The molecular formula is C13H15ClFN3. The molecule has 18 heavy (non-hydrogen) atoms. The number of halogens is 2. The van der Waals surface area contributed by atoms with Gasteiger partial charge in [0.2, 0.25) is 0 Å². The number of nitrogens with one attached hydrogen (secondary N) is 1. The number of benzene rings is 1. The summed E-state index contributed by atoms with van der Waals surface area (Å²) in [5.41, 5.74) is 1.71. The van der Waals surface area contributed by atoms with Gasteiger partial charge < -0.3 is 5.32 Å². The highest BCUT2D eigenvalue weighted by Gasteiger charge is 2.03. The molecule has 0 saturated heterocycles. The minimum atomic E-state index is -0.345. The van der Waals surface area contributed by atoms with Crippen LogP contribution in [0.2, 0.25) is 5.02 Å². The fraction of sp³-hybridized carbons (Fsp3) is 0.308. The summed E-state index contributed by atoms with van der Waals surface area (Å²) in [6, 6.07) is 4.72. The van der Waals surface area contributed by atoms with E-state index in [0.717, 1.165) is 5.56 Å². The fourth-order valence-corrected chi connectivity index (χ4v) is 1.83. The highest BCUT2D eigenvalue weighted by Crippen LogP contribution is 2.18. The number of rotatable bonds is 4. The lowest BCUT2D eigenvalue weighted by molar-refractivity contribution is 0.532. The molecule has 0 spiro atoms. The predicted molar refractivity (Wildman–Crippen MR) is 71.3 cm³/mol. The molecule has 1 heterocycles. The van der Waals surface area contributed by atoms with Gasteiger partial charge in [-0.25, -0.2) is 4.39 Å². The van der Waals surface area contributed by atoms with Crippen LogP contribution in [0.25, 0.3) is 0 Å². The van der Waals surface area contributed by atoms with E-state index in [1.54, 1.807) is 12.3 Å². The lowest BCUT2D eigenvalue weighted by atomic mass is 10.3. The maximum atomic E-state index is 13.1. The molecule has 0 aliphatic carbocycles. The Labute approximate surface area is 111 Å². The van der Waals surface area contributed by atoms with E-state index in [2.05, 4.69) is 24.3 Å². The molecule has 0 unspecified atom stereocenters. The van der Waals surface area contributed by atoms with E-state index in [0.29, 0.717) is 23.3 Å². The molecule has 0 radical (unpaired) electrons. The molecule has 0 aliphatic heterocycles. The second-order valence-electron chi connectivity index (χ2n) is 4.43. The summed E-state index contributed by atoms with van der Waals surface area (Å²) in [4.78, 5) is 0. The fourth-order valence-electron chi connectivity index (χ4n) is 1.61. The smallest absolute Gasteiger partial charge is 0.126 e. The van der Waals surface area contributed by atoms with Crippen LogP contribution in [0.4, 0.5) is 10.1 Å². The van der Waals surface area contributed by atoms with E-state index in [9.17, 15) is 4.39 Å². The van der Waals surface area contributed by atoms with Crippen molar-refractivity contribution in [3.63, 3.8) is 0 Å². The molecule has 1 N–H and O–H groups in total.